The van der Waals surface area contributed by atoms with Crippen molar-refractivity contribution in [3.63, 3.8) is 0 Å². The lowest BCUT2D eigenvalue weighted by molar-refractivity contribution is 0.0983. The third-order valence-corrected chi connectivity index (χ3v) is 2.24. The summed E-state index contributed by atoms with van der Waals surface area (Å²) in [5, 5.41) is 7.16. The van der Waals surface area contributed by atoms with Gasteiger partial charge in [0, 0.05) is 0 Å². The molecule has 6 heteroatoms. The van der Waals surface area contributed by atoms with Crippen molar-refractivity contribution in [1.29, 1.82) is 5.41 Å². The van der Waals surface area contributed by atoms with Gasteiger partial charge in [-0.05, 0) is 11.6 Å². The minimum atomic E-state index is -2.05. The monoisotopic (exact) mass is 295 g/mol. The van der Waals surface area contributed by atoms with Crippen molar-refractivity contribution in [3.8, 4) is 0 Å². The first kappa shape index (κ1) is 14.3. The molecule has 0 aliphatic heterocycles. The fraction of sp³-hybridized carbons (Fsp3) is 0.182. The van der Waals surface area contributed by atoms with Crippen molar-refractivity contribution < 1.29 is 9.13 Å². The van der Waals surface area contributed by atoms with E-state index in [9.17, 15) is 4.39 Å². The van der Waals surface area contributed by atoms with Crippen molar-refractivity contribution in [3.05, 3.63) is 42.0 Å². The lowest BCUT2D eigenvalue weighted by Crippen LogP contribution is -2.24. The summed E-state index contributed by atoms with van der Waals surface area (Å²) in [7, 11) is 0. The average Bonchev–Trinajstić information content (AvgIpc) is 2.26. The second-order valence-electron chi connectivity index (χ2n) is 3.07. The van der Waals surface area contributed by atoms with Crippen LogP contribution in [0.15, 0.2) is 36.4 Å². The van der Waals surface area contributed by atoms with Crippen LogP contribution in [0.1, 0.15) is 5.56 Å². The quantitative estimate of drug-likeness (QED) is 0.502. The maximum Gasteiger partial charge on any atom is 0.265 e. The highest BCUT2D eigenvalue weighted by atomic mass is 35.6. The van der Waals surface area contributed by atoms with Gasteiger partial charge in [0.1, 0.15) is 0 Å². The largest absolute Gasteiger partial charge is 0.440 e. The molecule has 0 aliphatic rings. The number of halogens is 4. The summed E-state index contributed by atoms with van der Waals surface area (Å²) >= 11 is 16.0. The van der Waals surface area contributed by atoms with Crippen molar-refractivity contribution >= 4 is 46.8 Å². The van der Waals surface area contributed by atoms with Crippen LogP contribution in [0.25, 0.3) is 6.08 Å². The molecule has 0 bridgehead atoms. The number of hydrogen-bond acceptors (Lipinski definition) is 2. The third-order valence-electron chi connectivity index (χ3n) is 1.73. The van der Waals surface area contributed by atoms with Crippen molar-refractivity contribution in [2.45, 2.75) is 10.2 Å². The summed E-state index contributed by atoms with van der Waals surface area (Å²) in [5.41, 5.74) is 0.805. The summed E-state index contributed by atoms with van der Waals surface area (Å²) in [4.78, 5) is 0. The van der Waals surface area contributed by atoms with Gasteiger partial charge in [-0.3, -0.25) is 5.41 Å². The Bertz CT molecular complexity index is 403. The molecule has 1 unspecified atom stereocenters. The molecular weight excluding hydrogens is 287 g/mol. The van der Waals surface area contributed by atoms with Crippen LogP contribution in [-0.4, -0.2) is 16.0 Å². The molecule has 0 saturated heterocycles. The van der Waals surface area contributed by atoms with Crippen LogP contribution in [0, 0.1) is 5.41 Å². The normalized spacial score (nSPS) is 13.6. The van der Waals surface area contributed by atoms with Gasteiger partial charge in [0.25, 0.3) is 10.2 Å². The predicted molar refractivity (Wildman–Crippen MR) is 69.5 cm³/mol. The standard InChI is InChI=1S/C11H9Cl3FNO/c12-11(13,14)10(16)17-9(15)7-6-8-4-2-1-3-5-8/h1-7,9,16H. The average molecular weight is 297 g/mol. The number of ether oxygens (including phenoxy) is 1. The van der Waals surface area contributed by atoms with E-state index in [-0.39, 0.29) is 0 Å². The lowest BCUT2D eigenvalue weighted by Gasteiger charge is -2.14. The maximum absolute atomic E-state index is 13.2. The van der Waals surface area contributed by atoms with Crippen LogP contribution in [-0.2, 0) is 4.74 Å². The highest BCUT2D eigenvalue weighted by Crippen LogP contribution is 2.28. The SMILES string of the molecule is N=C(OC(F)C=Cc1ccccc1)C(Cl)(Cl)Cl. The van der Waals surface area contributed by atoms with E-state index in [1.165, 1.54) is 6.08 Å². The van der Waals surface area contributed by atoms with Crippen LogP contribution < -0.4 is 0 Å². The van der Waals surface area contributed by atoms with Gasteiger partial charge in [-0.15, -0.1) is 0 Å². The van der Waals surface area contributed by atoms with Crippen LogP contribution in [0.3, 0.4) is 0 Å². The third kappa shape index (κ3) is 5.39. The molecule has 0 aliphatic carbocycles. The Morgan fingerprint density at radius 1 is 1.29 bits per heavy atom. The van der Waals surface area contributed by atoms with Crippen molar-refractivity contribution in [1.82, 2.24) is 0 Å². The van der Waals surface area contributed by atoms with Gasteiger partial charge in [-0.25, -0.2) is 0 Å². The van der Waals surface area contributed by atoms with Gasteiger partial charge >= 0.3 is 0 Å². The van der Waals surface area contributed by atoms with Crippen LogP contribution in [0.4, 0.5) is 4.39 Å². The molecule has 0 fully saturated rings. The number of benzene rings is 1. The Hall–Kier alpha value is -0.770. The molecule has 0 amide bonds. The fourth-order valence-electron chi connectivity index (χ4n) is 0.970. The molecule has 1 N–H and O–H groups in total. The molecule has 1 atom stereocenters. The summed E-state index contributed by atoms with van der Waals surface area (Å²) in [6.45, 7) is 0. The van der Waals surface area contributed by atoms with Crippen molar-refractivity contribution in [2.24, 2.45) is 0 Å². The summed E-state index contributed by atoms with van der Waals surface area (Å²) in [6.07, 6.45) is 0.801. The number of nitrogens with one attached hydrogen (secondary N) is 1. The molecule has 0 heterocycles. The highest BCUT2D eigenvalue weighted by molar-refractivity contribution is 6.76. The van der Waals surface area contributed by atoms with Gasteiger partial charge < -0.3 is 4.74 Å². The summed E-state index contributed by atoms with van der Waals surface area (Å²) < 4.78 is 15.7. The second-order valence-corrected chi connectivity index (χ2v) is 5.35. The first-order valence-electron chi connectivity index (χ1n) is 4.59. The Morgan fingerprint density at radius 2 is 1.88 bits per heavy atom. The van der Waals surface area contributed by atoms with E-state index in [0.29, 0.717) is 0 Å². The molecule has 1 aromatic rings. The van der Waals surface area contributed by atoms with E-state index in [0.717, 1.165) is 11.6 Å². The molecule has 0 saturated carbocycles. The van der Waals surface area contributed by atoms with E-state index in [4.69, 9.17) is 40.2 Å². The molecule has 2 nitrogen and oxygen atoms in total. The molecule has 0 radical (unpaired) electrons. The molecule has 17 heavy (non-hydrogen) atoms. The van der Waals surface area contributed by atoms with E-state index >= 15 is 0 Å². The van der Waals surface area contributed by atoms with Gasteiger partial charge in [-0.1, -0.05) is 71.2 Å². The van der Waals surface area contributed by atoms with Crippen LogP contribution in [0.2, 0.25) is 0 Å². The zero-order valence-electron chi connectivity index (χ0n) is 8.54. The zero-order valence-corrected chi connectivity index (χ0v) is 10.8. The first-order valence-corrected chi connectivity index (χ1v) is 5.72. The minimum absolute atomic E-state index is 0.757. The van der Waals surface area contributed by atoms with Crippen LogP contribution in [0.5, 0.6) is 0 Å². The number of hydrogen-bond donors (Lipinski definition) is 1. The summed E-state index contributed by atoms with van der Waals surface area (Å²) in [5.74, 6) is -0.757. The lowest BCUT2D eigenvalue weighted by atomic mass is 10.2. The van der Waals surface area contributed by atoms with Gasteiger partial charge in [-0.2, -0.15) is 4.39 Å². The number of rotatable bonds is 3. The molecule has 1 aromatic carbocycles. The smallest absolute Gasteiger partial charge is 0.265 e. The Kier molecular flexibility index (Phi) is 5.25. The molecule has 1 rings (SSSR count). The second kappa shape index (κ2) is 6.24. The molecule has 92 valence electrons. The molecule has 0 aromatic heterocycles. The highest BCUT2D eigenvalue weighted by Gasteiger charge is 2.30. The zero-order chi connectivity index (χ0) is 12.9. The van der Waals surface area contributed by atoms with Gasteiger partial charge in [0.2, 0.25) is 5.90 Å². The minimum Gasteiger partial charge on any atom is -0.440 e. The van der Waals surface area contributed by atoms with Crippen LogP contribution >= 0.6 is 34.8 Å². The molecular formula is C11H9Cl3FNO. The fourth-order valence-corrected chi connectivity index (χ4v) is 1.10. The topological polar surface area (TPSA) is 33.1 Å². The Morgan fingerprint density at radius 3 is 2.41 bits per heavy atom. The van der Waals surface area contributed by atoms with Crippen molar-refractivity contribution in [2.75, 3.05) is 0 Å². The predicted octanol–water partition coefficient (Wildman–Crippen LogP) is 4.36. The Labute approximate surface area is 113 Å². The number of alkyl halides is 4. The summed E-state index contributed by atoms with van der Waals surface area (Å²) in [6, 6.07) is 9.07. The molecule has 0 spiro atoms. The van der Waals surface area contributed by atoms with Gasteiger partial charge in [0.15, 0.2) is 0 Å². The first-order chi connectivity index (χ1) is 7.89. The van der Waals surface area contributed by atoms with E-state index in [2.05, 4.69) is 4.74 Å². The van der Waals surface area contributed by atoms with E-state index in [1.807, 2.05) is 18.2 Å². The van der Waals surface area contributed by atoms with Gasteiger partial charge in [0.05, 0.1) is 0 Å². The maximum atomic E-state index is 13.2. The van der Waals surface area contributed by atoms with E-state index < -0.39 is 16.0 Å². The Balaban J connectivity index is 2.53. The van der Waals surface area contributed by atoms with E-state index in [1.54, 1.807) is 12.1 Å².